The van der Waals surface area contributed by atoms with Crippen LogP contribution in [0.2, 0.25) is 0 Å². The fraction of sp³-hybridized carbons (Fsp3) is 0.292. The van der Waals surface area contributed by atoms with Crippen molar-refractivity contribution < 1.29 is 0 Å². The number of thiazole rings is 1. The van der Waals surface area contributed by atoms with Crippen LogP contribution in [0.5, 0.6) is 0 Å². The molecule has 0 saturated heterocycles. The number of benzene rings is 2. The Hall–Kier alpha value is -3.19. The van der Waals surface area contributed by atoms with Crippen LogP contribution in [0, 0.1) is 0 Å². The van der Waals surface area contributed by atoms with Gasteiger partial charge in [0.15, 0.2) is 5.96 Å². The van der Waals surface area contributed by atoms with Crippen LogP contribution in [0.25, 0.3) is 11.0 Å². The van der Waals surface area contributed by atoms with E-state index in [-0.39, 0.29) is 0 Å². The molecule has 0 radical (unpaired) electrons. The van der Waals surface area contributed by atoms with Crippen LogP contribution in [-0.2, 0) is 19.6 Å². The SMILES string of the molecule is CN=C(NCc1ccc(Cn2cnc3ccccc32)cc1)NCc1nc(C(C)C)cs1. The Kier molecular flexibility index (Phi) is 6.62. The van der Waals surface area contributed by atoms with Gasteiger partial charge in [0.25, 0.3) is 0 Å². The van der Waals surface area contributed by atoms with Gasteiger partial charge in [-0.05, 0) is 29.2 Å². The van der Waals surface area contributed by atoms with Crippen molar-refractivity contribution in [3.05, 3.63) is 82.1 Å². The first kappa shape index (κ1) is 21.1. The monoisotopic (exact) mass is 432 g/mol. The maximum atomic E-state index is 4.66. The van der Waals surface area contributed by atoms with Crippen molar-refractivity contribution in [3.8, 4) is 0 Å². The highest BCUT2D eigenvalue weighted by molar-refractivity contribution is 7.09. The standard InChI is InChI=1S/C24H28N6S/c1-17(2)21-15-31-23(29-21)13-27-24(25-3)26-12-18-8-10-19(11-9-18)14-30-16-28-20-6-4-5-7-22(20)30/h4-11,15-17H,12-14H2,1-3H3,(H2,25,26,27). The second-order valence-corrected chi connectivity index (χ2v) is 8.72. The molecule has 0 amide bonds. The zero-order valence-electron chi connectivity index (χ0n) is 18.2. The summed E-state index contributed by atoms with van der Waals surface area (Å²) in [7, 11) is 1.79. The Morgan fingerprint density at radius 1 is 1.03 bits per heavy atom. The lowest BCUT2D eigenvalue weighted by Crippen LogP contribution is -2.36. The van der Waals surface area contributed by atoms with Crippen molar-refractivity contribution in [2.45, 2.75) is 39.4 Å². The summed E-state index contributed by atoms with van der Waals surface area (Å²) < 4.78 is 2.18. The van der Waals surface area contributed by atoms with Crippen LogP contribution in [0.3, 0.4) is 0 Å². The number of fused-ring (bicyclic) bond motifs is 1. The normalized spacial score (nSPS) is 11.9. The number of para-hydroxylation sites is 2. The number of nitrogens with one attached hydrogen (secondary N) is 2. The molecule has 0 unspecified atom stereocenters. The predicted molar refractivity (Wildman–Crippen MR) is 129 cm³/mol. The molecular weight excluding hydrogens is 404 g/mol. The molecule has 0 saturated carbocycles. The first-order valence-corrected chi connectivity index (χ1v) is 11.4. The molecule has 0 aliphatic heterocycles. The molecule has 0 aliphatic rings. The minimum atomic E-state index is 0.456. The number of guanidine groups is 1. The van der Waals surface area contributed by atoms with Crippen LogP contribution < -0.4 is 10.6 Å². The molecule has 2 aromatic carbocycles. The van der Waals surface area contributed by atoms with Gasteiger partial charge in [-0.2, -0.15) is 0 Å². The van der Waals surface area contributed by atoms with Gasteiger partial charge in [-0.25, -0.2) is 9.97 Å². The fourth-order valence-corrected chi connectivity index (χ4v) is 4.23. The lowest BCUT2D eigenvalue weighted by atomic mass is 10.1. The average Bonchev–Trinajstić information content (AvgIpc) is 3.43. The topological polar surface area (TPSA) is 67.1 Å². The van der Waals surface area contributed by atoms with E-state index in [0.717, 1.165) is 34.2 Å². The molecule has 7 heteroatoms. The summed E-state index contributed by atoms with van der Waals surface area (Å²) in [6, 6.07) is 16.9. The zero-order valence-corrected chi connectivity index (χ0v) is 19.0. The van der Waals surface area contributed by atoms with Crippen LogP contribution in [0.15, 0.2) is 65.2 Å². The summed E-state index contributed by atoms with van der Waals surface area (Å²) >= 11 is 1.69. The molecule has 0 bridgehead atoms. The molecule has 4 aromatic rings. The van der Waals surface area contributed by atoms with Crippen LogP contribution in [0.4, 0.5) is 0 Å². The fourth-order valence-electron chi connectivity index (χ4n) is 3.33. The van der Waals surface area contributed by atoms with Crippen molar-refractivity contribution in [2.75, 3.05) is 7.05 Å². The Labute approximate surface area is 187 Å². The van der Waals surface area contributed by atoms with Gasteiger partial charge in [0.2, 0.25) is 0 Å². The second-order valence-electron chi connectivity index (χ2n) is 7.78. The Morgan fingerprint density at radius 3 is 2.52 bits per heavy atom. The molecule has 0 fully saturated rings. The Bertz CT molecular complexity index is 1160. The molecule has 4 rings (SSSR count). The van der Waals surface area contributed by atoms with E-state index in [1.165, 1.54) is 11.1 Å². The number of nitrogens with zero attached hydrogens (tertiary/aromatic N) is 4. The minimum Gasteiger partial charge on any atom is -0.352 e. The maximum Gasteiger partial charge on any atom is 0.191 e. The van der Waals surface area contributed by atoms with E-state index in [2.05, 4.69) is 79.7 Å². The number of hydrogen-bond acceptors (Lipinski definition) is 4. The largest absolute Gasteiger partial charge is 0.352 e. The molecule has 31 heavy (non-hydrogen) atoms. The summed E-state index contributed by atoms with van der Waals surface area (Å²) in [6.45, 7) is 6.52. The molecule has 2 heterocycles. The van der Waals surface area contributed by atoms with Crippen molar-refractivity contribution in [1.29, 1.82) is 0 Å². The molecule has 160 valence electrons. The molecule has 6 nitrogen and oxygen atoms in total. The number of aliphatic imine (C=N–C) groups is 1. The van der Waals surface area contributed by atoms with Gasteiger partial charge < -0.3 is 15.2 Å². The van der Waals surface area contributed by atoms with Crippen molar-refractivity contribution >= 4 is 28.3 Å². The number of rotatable bonds is 7. The third kappa shape index (κ3) is 5.30. The zero-order chi connectivity index (χ0) is 21.6. The smallest absolute Gasteiger partial charge is 0.191 e. The van der Waals surface area contributed by atoms with Gasteiger partial charge >= 0.3 is 0 Å². The van der Waals surface area contributed by atoms with Gasteiger partial charge in [-0.3, -0.25) is 4.99 Å². The second kappa shape index (κ2) is 9.75. The van der Waals surface area contributed by atoms with Crippen molar-refractivity contribution in [2.24, 2.45) is 4.99 Å². The van der Waals surface area contributed by atoms with Crippen LogP contribution in [-0.4, -0.2) is 27.5 Å². The molecule has 2 N–H and O–H groups in total. The van der Waals surface area contributed by atoms with Crippen LogP contribution in [0.1, 0.15) is 41.6 Å². The Balaban J connectivity index is 1.29. The van der Waals surface area contributed by atoms with E-state index in [4.69, 9.17) is 0 Å². The third-order valence-corrected chi connectivity index (χ3v) is 6.02. The average molecular weight is 433 g/mol. The molecule has 2 aromatic heterocycles. The van der Waals surface area contributed by atoms with Crippen molar-refractivity contribution in [1.82, 2.24) is 25.2 Å². The number of imidazole rings is 1. The number of hydrogen-bond donors (Lipinski definition) is 2. The van der Waals surface area contributed by atoms with Gasteiger partial charge in [-0.1, -0.05) is 50.2 Å². The lowest BCUT2D eigenvalue weighted by Gasteiger charge is -2.11. The van der Waals surface area contributed by atoms with E-state index < -0.39 is 0 Å². The third-order valence-electron chi connectivity index (χ3n) is 5.15. The summed E-state index contributed by atoms with van der Waals surface area (Å²) in [5.41, 5.74) is 5.79. The lowest BCUT2D eigenvalue weighted by molar-refractivity contribution is 0.784. The van der Waals surface area contributed by atoms with Gasteiger partial charge in [0.05, 0.1) is 29.6 Å². The molecule has 0 spiro atoms. The summed E-state index contributed by atoms with van der Waals surface area (Å²) in [4.78, 5) is 13.4. The van der Waals surface area contributed by atoms with Gasteiger partial charge in [0, 0.05) is 25.5 Å². The van der Waals surface area contributed by atoms with Crippen LogP contribution >= 0.6 is 11.3 Å². The van der Waals surface area contributed by atoms with E-state index in [1.54, 1.807) is 18.4 Å². The van der Waals surface area contributed by atoms with Gasteiger partial charge in [-0.15, -0.1) is 11.3 Å². The van der Waals surface area contributed by atoms with Gasteiger partial charge in [0.1, 0.15) is 5.01 Å². The van der Waals surface area contributed by atoms with E-state index >= 15 is 0 Å². The minimum absolute atomic E-state index is 0.456. The highest BCUT2D eigenvalue weighted by Gasteiger charge is 2.07. The highest BCUT2D eigenvalue weighted by atomic mass is 32.1. The van der Waals surface area contributed by atoms with E-state index in [0.29, 0.717) is 19.0 Å². The summed E-state index contributed by atoms with van der Waals surface area (Å²) in [5, 5.41) is 9.92. The summed E-state index contributed by atoms with van der Waals surface area (Å²) in [5.74, 6) is 1.23. The Morgan fingerprint density at radius 2 is 1.77 bits per heavy atom. The quantitative estimate of drug-likeness (QED) is 0.333. The summed E-state index contributed by atoms with van der Waals surface area (Å²) in [6.07, 6.45) is 1.91. The first-order chi connectivity index (χ1) is 15.1. The molecular formula is C24H28N6S. The van der Waals surface area contributed by atoms with E-state index in [9.17, 15) is 0 Å². The highest BCUT2D eigenvalue weighted by Crippen LogP contribution is 2.17. The number of aromatic nitrogens is 3. The first-order valence-electron chi connectivity index (χ1n) is 10.5. The predicted octanol–water partition coefficient (Wildman–Crippen LogP) is 4.53. The van der Waals surface area contributed by atoms with Crippen molar-refractivity contribution in [3.63, 3.8) is 0 Å². The molecule has 0 atom stereocenters. The van der Waals surface area contributed by atoms with E-state index in [1.807, 2.05) is 24.5 Å². The molecule has 0 aliphatic carbocycles. The maximum absolute atomic E-state index is 4.66.